The number of benzene rings is 2. The molecule has 236 valence electrons. The maximum absolute atomic E-state index is 15.0. The Morgan fingerprint density at radius 3 is 2.16 bits per heavy atom. The molecule has 0 spiro atoms. The molecule has 1 amide bonds. The Bertz CT molecular complexity index is 1770. The van der Waals surface area contributed by atoms with Crippen molar-refractivity contribution in [2.75, 3.05) is 6.54 Å². The van der Waals surface area contributed by atoms with Gasteiger partial charge in [0.2, 0.25) is 0 Å². The van der Waals surface area contributed by atoms with Gasteiger partial charge in [0.1, 0.15) is 10.6 Å². The van der Waals surface area contributed by atoms with Crippen LogP contribution < -0.4 is 5.56 Å². The molecule has 1 aliphatic carbocycles. The van der Waals surface area contributed by atoms with Crippen molar-refractivity contribution in [2.24, 2.45) is 7.05 Å². The van der Waals surface area contributed by atoms with E-state index in [9.17, 15) is 48.7 Å². The van der Waals surface area contributed by atoms with E-state index in [4.69, 9.17) is 0 Å². The number of nitrogens with zero attached hydrogens (tertiary/aromatic N) is 2. The number of pyridine rings is 1. The fourth-order valence-corrected chi connectivity index (χ4v) is 8.71. The van der Waals surface area contributed by atoms with E-state index in [0.29, 0.717) is 6.07 Å². The first-order valence-electron chi connectivity index (χ1n) is 13.3. The fraction of sp³-hybridized carbons (Fsp3) is 0.379. The third-order valence-corrected chi connectivity index (χ3v) is 11.1. The first-order valence-corrected chi connectivity index (χ1v) is 14.8. The highest BCUT2D eigenvalue weighted by molar-refractivity contribution is 7.92. The highest BCUT2D eigenvalue weighted by atomic mass is 32.2. The largest absolute Gasteiger partial charge is 0.435 e. The van der Waals surface area contributed by atoms with Crippen LogP contribution in [0.25, 0.3) is 0 Å². The van der Waals surface area contributed by atoms with Gasteiger partial charge in [-0.3, -0.25) is 9.59 Å². The highest BCUT2D eigenvalue weighted by Crippen LogP contribution is 2.56. The quantitative estimate of drug-likeness (QED) is 0.268. The van der Waals surface area contributed by atoms with Gasteiger partial charge in [-0.25, -0.2) is 17.2 Å². The summed E-state index contributed by atoms with van der Waals surface area (Å²) in [6.07, 6.45) is -12.0. The number of likely N-dealkylation sites (tertiary alicyclic amines) is 1. The Hall–Kier alpha value is -3.75. The van der Waals surface area contributed by atoms with Gasteiger partial charge >= 0.3 is 18.0 Å². The number of alkyl halides is 7. The predicted molar refractivity (Wildman–Crippen MR) is 141 cm³/mol. The maximum atomic E-state index is 15.0. The third-order valence-electron chi connectivity index (χ3n) is 8.52. The number of halogens is 8. The summed E-state index contributed by atoms with van der Waals surface area (Å²) in [7, 11) is -3.20. The molecule has 1 aliphatic heterocycles. The zero-order valence-electron chi connectivity index (χ0n) is 22.8. The monoisotopic (exact) mass is 648 g/mol. The van der Waals surface area contributed by atoms with Gasteiger partial charge in [0.25, 0.3) is 11.5 Å². The molecule has 2 aliphatic rings. The number of rotatable bonds is 4. The maximum Gasteiger partial charge on any atom is 0.435 e. The van der Waals surface area contributed by atoms with Crippen molar-refractivity contribution >= 4 is 15.7 Å². The molecule has 2 atom stereocenters. The molecule has 0 saturated carbocycles. The van der Waals surface area contributed by atoms with E-state index >= 15 is 4.39 Å². The lowest BCUT2D eigenvalue weighted by Gasteiger charge is -2.38. The van der Waals surface area contributed by atoms with E-state index in [1.165, 1.54) is 28.8 Å². The van der Waals surface area contributed by atoms with E-state index in [1.807, 2.05) is 0 Å². The summed E-state index contributed by atoms with van der Waals surface area (Å²) in [5.41, 5.74) is -8.51. The van der Waals surface area contributed by atoms with Gasteiger partial charge in [0.05, 0.1) is 10.9 Å². The summed E-state index contributed by atoms with van der Waals surface area (Å²) < 4.78 is 138. The van der Waals surface area contributed by atoms with E-state index in [0.717, 1.165) is 36.4 Å². The van der Waals surface area contributed by atoms with Crippen LogP contribution in [0.1, 0.15) is 46.3 Å². The molecule has 1 fully saturated rings. The highest BCUT2D eigenvalue weighted by Gasteiger charge is 2.73. The second-order valence-electron chi connectivity index (χ2n) is 10.9. The molecule has 15 heteroatoms. The van der Waals surface area contributed by atoms with Gasteiger partial charge in [-0.15, -0.1) is 0 Å². The summed E-state index contributed by atoms with van der Waals surface area (Å²) in [5, 5.41) is 0. The summed E-state index contributed by atoms with van der Waals surface area (Å²) in [6, 6.07) is 6.33. The van der Waals surface area contributed by atoms with Gasteiger partial charge < -0.3 is 9.47 Å². The molecule has 2 aromatic carbocycles. The van der Waals surface area contributed by atoms with Crippen LogP contribution in [-0.2, 0) is 33.7 Å². The minimum absolute atomic E-state index is 0.0134. The summed E-state index contributed by atoms with van der Waals surface area (Å²) in [5.74, 6) is -1.47. The molecule has 0 radical (unpaired) electrons. The minimum atomic E-state index is -6.38. The summed E-state index contributed by atoms with van der Waals surface area (Å²) >= 11 is 0. The number of aryl methyl sites for hydroxylation is 2. The molecule has 44 heavy (non-hydrogen) atoms. The van der Waals surface area contributed by atoms with Crippen molar-refractivity contribution < 1.29 is 48.3 Å². The van der Waals surface area contributed by atoms with E-state index in [-0.39, 0.29) is 55.0 Å². The van der Waals surface area contributed by atoms with Crippen LogP contribution >= 0.6 is 0 Å². The van der Waals surface area contributed by atoms with Crippen molar-refractivity contribution in [2.45, 2.75) is 59.4 Å². The summed E-state index contributed by atoms with van der Waals surface area (Å²) in [6.45, 7) is -0.210. The van der Waals surface area contributed by atoms with Gasteiger partial charge in [0.15, 0.2) is 9.84 Å². The Labute approximate surface area is 245 Å². The van der Waals surface area contributed by atoms with Gasteiger partial charge in [0, 0.05) is 37.0 Å². The van der Waals surface area contributed by atoms with Crippen LogP contribution in [0.2, 0.25) is 0 Å². The van der Waals surface area contributed by atoms with Crippen molar-refractivity contribution in [3.63, 3.8) is 0 Å². The standard InChI is InChI=1S/C29H24F8N2O4S/c1-38-13-11-18(16-24(38)40)25(41)39-14-12-26(44(42,43)21-8-6-20(30)7-9-21)22-10-5-19(15-17(22)3-2-4-23(26)39)27(31,28(32,33)34)29(35,36)37/h5-11,13,15-16,23H,2-4,12,14H2,1H3/t23-,26-/m0/s1. The molecule has 5 rings (SSSR count). The number of carbonyl (C=O) groups excluding carboxylic acids is 1. The Morgan fingerprint density at radius 1 is 0.932 bits per heavy atom. The third kappa shape index (κ3) is 4.61. The van der Waals surface area contributed by atoms with Crippen molar-refractivity contribution in [3.05, 3.63) is 99.2 Å². The molecule has 1 saturated heterocycles. The van der Waals surface area contributed by atoms with Crippen LogP contribution in [0, 0.1) is 5.82 Å². The van der Waals surface area contributed by atoms with Crippen LogP contribution in [0.5, 0.6) is 0 Å². The van der Waals surface area contributed by atoms with Crippen molar-refractivity contribution in [3.8, 4) is 0 Å². The molecular weight excluding hydrogens is 624 g/mol. The lowest BCUT2D eigenvalue weighted by atomic mass is 9.84. The van der Waals surface area contributed by atoms with Crippen molar-refractivity contribution in [1.29, 1.82) is 0 Å². The summed E-state index contributed by atoms with van der Waals surface area (Å²) in [4.78, 5) is 26.7. The van der Waals surface area contributed by atoms with Crippen LogP contribution in [0.15, 0.2) is 70.5 Å². The average molecular weight is 649 g/mol. The predicted octanol–water partition coefficient (Wildman–Crippen LogP) is 5.73. The smallest absolute Gasteiger partial charge is 0.334 e. The van der Waals surface area contributed by atoms with Crippen LogP contribution in [0.4, 0.5) is 35.1 Å². The minimum Gasteiger partial charge on any atom is -0.334 e. The number of carbonyl (C=O) groups is 1. The van der Waals surface area contributed by atoms with E-state index < -0.39 is 66.4 Å². The first kappa shape index (κ1) is 31.7. The Balaban J connectivity index is 1.74. The average Bonchev–Trinajstić information content (AvgIpc) is 3.25. The number of aromatic nitrogens is 1. The molecular formula is C29H24F8N2O4S. The van der Waals surface area contributed by atoms with Gasteiger partial charge in [-0.05, 0) is 67.1 Å². The Kier molecular flexibility index (Phi) is 7.50. The van der Waals surface area contributed by atoms with E-state index in [2.05, 4.69) is 0 Å². The fourth-order valence-electron chi connectivity index (χ4n) is 6.34. The lowest BCUT2D eigenvalue weighted by molar-refractivity contribution is -0.348. The molecule has 3 aromatic rings. The zero-order chi connectivity index (χ0) is 32.5. The first-order chi connectivity index (χ1) is 20.4. The van der Waals surface area contributed by atoms with Crippen molar-refractivity contribution in [1.82, 2.24) is 9.47 Å². The Morgan fingerprint density at radius 2 is 1.57 bits per heavy atom. The second kappa shape index (κ2) is 10.4. The van der Waals surface area contributed by atoms with Crippen LogP contribution in [-0.4, -0.2) is 48.7 Å². The van der Waals surface area contributed by atoms with Gasteiger partial charge in [-0.1, -0.05) is 18.2 Å². The number of hydrogen-bond acceptors (Lipinski definition) is 4. The number of hydrogen-bond donors (Lipinski definition) is 0. The molecule has 0 bridgehead atoms. The number of fused-ring (bicyclic) bond motifs is 3. The zero-order valence-corrected chi connectivity index (χ0v) is 23.7. The topological polar surface area (TPSA) is 76.5 Å². The van der Waals surface area contributed by atoms with E-state index in [1.54, 1.807) is 0 Å². The molecule has 6 nitrogen and oxygen atoms in total. The van der Waals surface area contributed by atoms with Crippen LogP contribution in [0.3, 0.4) is 0 Å². The molecule has 0 N–H and O–H groups in total. The second-order valence-corrected chi connectivity index (χ2v) is 13.1. The number of amides is 1. The van der Waals surface area contributed by atoms with Gasteiger partial charge in [-0.2, -0.15) is 26.3 Å². The normalized spacial score (nSPS) is 21.0. The SMILES string of the molecule is Cn1ccc(C(=O)N2CC[C@]3(S(=O)(=O)c4ccc(F)cc4)c4ccc(C(F)(C(F)(F)F)C(F)(F)F)cc4CCC[C@H]23)cc1=O. The molecule has 0 unspecified atom stereocenters. The lowest BCUT2D eigenvalue weighted by Crippen LogP contribution is -2.51. The molecule has 1 aromatic heterocycles. The number of sulfone groups is 1. The molecule has 2 heterocycles.